The second-order valence-corrected chi connectivity index (χ2v) is 2.02. The molecule has 10 heavy (non-hydrogen) atoms. The van der Waals surface area contributed by atoms with Gasteiger partial charge < -0.3 is 0 Å². The van der Waals surface area contributed by atoms with Crippen molar-refractivity contribution in [3.8, 4) is 6.07 Å². The normalized spacial score (nSPS) is 7.90. The molecule has 0 aliphatic heterocycles. The lowest BCUT2D eigenvalue weighted by atomic mass is 10.1. The third kappa shape index (κ3) is 2.88. The molecule has 0 aromatic heterocycles. The average molecular weight is 133 g/mol. The number of allylic oxidation sites excluding steroid dienone is 3. The first-order valence-electron chi connectivity index (χ1n) is 3.10. The highest BCUT2D eigenvalue weighted by molar-refractivity contribution is 5.37. The van der Waals surface area contributed by atoms with Crippen molar-refractivity contribution >= 4 is 0 Å². The molecule has 1 heteroatoms. The standard InChI is InChI=1S/C9H11N/c1-4-5-6-8(2)9(3)7-10/h4H,1-3,5-6H2. The Hall–Kier alpha value is -1.29. The Kier molecular flexibility index (Phi) is 3.99. The summed E-state index contributed by atoms with van der Waals surface area (Å²) in [5.41, 5.74) is 1.28. The molecule has 0 radical (unpaired) electrons. The molecule has 1 nitrogen and oxygen atoms in total. The van der Waals surface area contributed by atoms with Crippen LogP contribution in [0.4, 0.5) is 0 Å². The number of nitriles is 1. The van der Waals surface area contributed by atoms with Gasteiger partial charge in [0.15, 0.2) is 0 Å². The molecule has 0 aliphatic rings. The lowest BCUT2D eigenvalue weighted by molar-refractivity contribution is 1.00. The van der Waals surface area contributed by atoms with E-state index in [1.165, 1.54) is 0 Å². The van der Waals surface area contributed by atoms with Gasteiger partial charge in [0.05, 0.1) is 6.07 Å². The van der Waals surface area contributed by atoms with E-state index in [9.17, 15) is 0 Å². The Bertz CT molecular complexity index is 193. The predicted octanol–water partition coefficient (Wildman–Crippen LogP) is 2.59. The molecule has 0 unspecified atom stereocenters. The van der Waals surface area contributed by atoms with Gasteiger partial charge in [-0.25, -0.2) is 0 Å². The van der Waals surface area contributed by atoms with Gasteiger partial charge in [-0.2, -0.15) is 5.26 Å². The van der Waals surface area contributed by atoms with Crippen LogP contribution in [-0.2, 0) is 0 Å². The molecule has 0 saturated heterocycles. The molecule has 0 aromatic carbocycles. The first-order chi connectivity index (χ1) is 4.72. The number of hydrogen-bond donors (Lipinski definition) is 0. The summed E-state index contributed by atoms with van der Waals surface area (Å²) in [6.07, 6.45) is 3.45. The SMILES string of the molecule is C=CCCC(=C)C(=C)C#N. The minimum atomic E-state index is 0.474. The Labute approximate surface area is 62.0 Å². The summed E-state index contributed by atoms with van der Waals surface area (Å²) in [5.74, 6) is 0. The molecule has 0 aromatic rings. The van der Waals surface area contributed by atoms with E-state index < -0.39 is 0 Å². The van der Waals surface area contributed by atoms with Gasteiger partial charge in [0.1, 0.15) is 0 Å². The second kappa shape index (κ2) is 4.58. The fourth-order valence-electron chi connectivity index (χ4n) is 0.506. The fraction of sp³-hybridized carbons (Fsp3) is 0.222. The quantitative estimate of drug-likeness (QED) is 0.328. The van der Waals surface area contributed by atoms with Gasteiger partial charge in [0.2, 0.25) is 0 Å². The van der Waals surface area contributed by atoms with Gasteiger partial charge >= 0.3 is 0 Å². The minimum Gasteiger partial charge on any atom is -0.192 e. The zero-order chi connectivity index (χ0) is 7.98. The summed E-state index contributed by atoms with van der Waals surface area (Å²) in [6, 6.07) is 1.95. The Morgan fingerprint density at radius 3 is 2.50 bits per heavy atom. The van der Waals surface area contributed by atoms with E-state index in [0.29, 0.717) is 5.57 Å². The molecule has 0 atom stereocenters. The van der Waals surface area contributed by atoms with E-state index >= 15 is 0 Å². The van der Waals surface area contributed by atoms with Gasteiger partial charge in [-0.15, -0.1) is 6.58 Å². The van der Waals surface area contributed by atoms with Crippen LogP contribution >= 0.6 is 0 Å². The Balaban J connectivity index is 3.76. The summed E-state index contributed by atoms with van der Waals surface area (Å²) in [6.45, 7) is 10.8. The Morgan fingerprint density at radius 2 is 2.10 bits per heavy atom. The largest absolute Gasteiger partial charge is 0.192 e. The van der Waals surface area contributed by atoms with Crippen molar-refractivity contribution in [3.05, 3.63) is 37.0 Å². The molecule has 0 rings (SSSR count). The van der Waals surface area contributed by atoms with E-state index in [2.05, 4.69) is 19.7 Å². The molecule has 52 valence electrons. The zero-order valence-corrected chi connectivity index (χ0v) is 6.06. The van der Waals surface area contributed by atoms with Crippen LogP contribution in [0.25, 0.3) is 0 Å². The van der Waals surface area contributed by atoms with E-state index in [4.69, 9.17) is 5.26 Å². The van der Waals surface area contributed by atoms with E-state index in [0.717, 1.165) is 18.4 Å². The maximum atomic E-state index is 8.37. The summed E-state index contributed by atoms with van der Waals surface area (Å²) >= 11 is 0. The van der Waals surface area contributed by atoms with Gasteiger partial charge in [-0.1, -0.05) is 19.2 Å². The lowest BCUT2D eigenvalue weighted by Gasteiger charge is -1.97. The molecular formula is C9H11N. The number of hydrogen-bond acceptors (Lipinski definition) is 1. The average Bonchev–Trinajstić information content (AvgIpc) is 1.98. The third-order valence-electron chi connectivity index (χ3n) is 1.21. The van der Waals surface area contributed by atoms with Crippen LogP contribution in [0.5, 0.6) is 0 Å². The molecule has 0 bridgehead atoms. The van der Waals surface area contributed by atoms with E-state index in [1.807, 2.05) is 6.07 Å². The smallest absolute Gasteiger partial charge is 0.0988 e. The van der Waals surface area contributed by atoms with Crippen LogP contribution in [0.1, 0.15) is 12.8 Å². The van der Waals surface area contributed by atoms with Crippen LogP contribution < -0.4 is 0 Å². The van der Waals surface area contributed by atoms with Crippen molar-refractivity contribution < 1.29 is 0 Å². The van der Waals surface area contributed by atoms with Gasteiger partial charge in [0.25, 0.3) is 0 Å². The number of rotatable bonds is 4. The fourth-order valence-corrected chi connectivity index (χ4v) is 0.506. The topological polar surface area (TPSA) is 23.8 Å². The van der Waals surface area contributed by atoms with Crippen molar-refractivity contribution in [2.75, 3.05) is 0 Å². The monoisotopic (exact) mass is 133 g/mol. The third-order valence-corrected chi connectivity index (χ3v) is 1.21. The highest BCUT2D eigenvalue weighted by Gasteiger charge is 1.95. The maximum Gasteiger partial charge on any atom is 0.0988 e. The summed E-state index contributed by atoms with van der Waals surface area (Å²) < 4.78 is 0. The van der Waals surface area contributed by atoms with Gasteiger partial charge in [-0.3, -0.25) is 0 Å². The van der Waals surface area contributed by atoms with Crippen molar-refractivity contribution in [1.29, 1.82) is 5.26 Å². The molecule has 0 spiro atoms. The van der Waals surface area contributed by atoms with Crippen LogP contribution in [-0.4, -0.2) is 0 Å². The van der Waals surface area contributed by atoms with E-state index in [-0.39, 0.29) is 0 Å². The summed E-state index contributed by atoms with van der Waals surface area (Å²) in [7, 11) is 0. The maximum absolute atomic E-state index is 8.37. The molecule has 0 saturated carbocycles. The first kappa shape index (κ1) is 8.71. The van der Waals surface area contributed by atoms with E-state index in [1.54, 1.807) is 6.08 Å². The van der Waals surface area contributed by atoms with Crippen molar-refractivity contribution in [2.24, 2.45) is 0 Å². The summed E-state index contributed by atoms with van der Waals surface area (Å²) in [4.78, 5) is 0. The number of nitrogens with zero attached hydrogens (tertiary/aromatic N) is 1. The van der Waals surface area contributed by atoms with Crippen molar-refractivity contribution in [2.45, 2.75) is 12.8 Å². The highest BCUT2D eigenvalue weighted by Crippen LogP contribution is 2.10. The highest BCUT2D eigenvalue weighted by atomic mass is 14.2. The zero-order valence-electron chi connectivity index (χ0n) is 6.06. The first-order valence-corrected chi connectivity index (χ1v) is 3.10. The predicted molar refractivity (Wildman–Crippen MR) is 43.3 cm³/mol. The van der Waals surface area contributed by atoms with Crippen LogP contribution in [0.3, 0.4) is 0 Å². The molecule has 0 aliphatic carbocycles. The van der Waals surface area contributed by atoms with Crippen molar-refractivity contribution in [3.63, 3.8) is 0 Å². The van der Waals surface area contributed by atoms with Crippen molar-refractivity contribution in [1.82, 2.24) is 0 Å². The lowest BCUT2D eigenvalue weighted by Crippen LogP contribution is -1.81. The summed E-state index contributed by atoms with van der Waals surface area (Å²) in [5, 5.41) is 8.37. The second-order valence-electron chi connectivity index (χ2n) is 2.02. The van der Waals surface area contributed by atoms with Gasteiger partial charge in [0, 0.05) is 5.57 Å². The van der Waals surface area contributed by atoms with Crippen LogP contribution in [0, 0.1) is 11.3 Å². The van der Waals surface area contributed by atoms with Gasteiger partial charge in [-0.05, 0) is 18.4 Å². The molecule has 0 amide bonds. The molecule has 0 heterocycles. The Morgan fingerprint density at radius 1 is 1.50 bits per heavy atom. The minimum absolute atomic E-state index is 0.474. The van der Waals surface area contributed by atoms with Crippen LogP contribution in [0.2, 0.25) is 0 Å². The molecule has 0 N–H and O–H groups in total. The molecular weight excluding hydrogens is 122 g/mol. The molecule has 0 fully saturated rings. The van der Waals surface area contributed by atoms with Crippen LogP contribution in [0.15, 0.2) is 37.0 Å².